The van der Waals surface area contributed by atoms with Crippen LogP contribution < -0.4 is 0 Å². The molecule has 2 heterocycles. The molecular weight excluding hydrogens is 403 g/mol. The molecule has 5 nitrogen and oxygen atoms in total. The van der Waals surface area contributed by atoms with E-state index in [9.17, 15) is 19.4 Å². The van der Waals surface area contributed by atoms with Gasteiger partial charge in [-0.3, -0.25) is 9.20 Å². The van der Waals surface area contributed by atoms with Gasteiger partial charge < -0.3 is 10.2 Å². The largest absolute Gasteiger partial charge is 0.392 e. The summed E-state index contributed by atoms with van der Waals surface area (Å²) >= 11 is 1.53. The smallest absolute Gasteiger partial charge is 0.194 e. The Labute approximate surface area is 176 Å². The molecule has 0 fully saturated rings. The van der Waals surface area contributed by atoms with Gasteiger partial charge in [0.2, 0.25) is 0 Å². The summed E-state index contributed by atoms with van der Waals surface area (Å²) in [6.45, 7) is 1.52. The first-order chi connectivity index (χ1) is 14.5. The number of allylic oxidation sites excluding steroid dienone is 1. The number of carbonyl (C=O) groups excluding carboxylic acids is 1. The number of thiazole rings is 1. The van der Waals surface area contributed by atoms with Gasteiger partial charge in [-0.1, -0.05) is 12.1 Å². The molecule has 0 radical (unpaired) electrons. The number of imidazole rings is 1. The zero-order valence-corrected chi connectivity index (χ0v) is 17.0. The van der Waals surface area contributed by atoms with Crippen molar-refractivity contribution in [2.75, 3.05) is 0 Å². The molecule has 0 saturated carbocycles. The Morgan fingerprint density at radius 2 is 1.87 bits per heavy atom. The van der Waals surface area contributed by atoms with E-state index in [-0.39, 0.29) is 24.8 Å². The van der Waals surface area contributed by atoms with Crippen molar-refractivity contribution in [3.63, 3.8) is 0 Å². The monoisotopic (exact) mass is 422 g/mol. The number of fused-ring (bicyclic) bond motifs is 1. The maximum Gasteiger partial charge on any atom is 0.194 e. The van der Waals surface area contributed by atoms with Crippen LogP contribution in [0, 0.1) is 12.7 Å². The number of halogens is 1. The SMILES string of the molecule is Cc1cn2c(C=CC(=O)c3ccc(CO)c(CO)c3)c(-c3ccc(F)cc3)nc2s1. The maximum atomic E-state index is 13.3. The van der Waals surface area contributed by atoms with Crippen LogP contribution in [0.4, 0.5) is 4.39 Å². The van der Waals surface area contributed by atoms with E-state index >= 15 is 0 Å². The molecule has 0 unspecified atom stereocenters. The van der Waals surface area contributed by atoms with E-state index in [0.717, 1.165) is 21.1 Å². The molecule has 0 bridgehead atoms. The molecule has 2 N–H and O–H groups in total. The first-order valence-electron chi connectivity index (χ1n) is 9.30. The molecule has 0 amide bonds. The van der Waals surface area contributed by atoms with E-state index in [1.807, 2.05) is 17.5 Å². The number of hydrogen-bond donors (Lipinski definition) is 2. The molecule has 152 valence electrons. The number of hydrogen-bond acceptors (Lipinski definition) is 5. The van der Waals surface area contributed by atoms with Gasteiger partial charge in [0.1, 0.15) is 5.82 Å². The molecule has 30 heavy (non-hydrogen) atoms. The Bertz CT molecular complexity index is 1260. The molecule has 2 aromatic heterocycles. The summed E-state index contributed by atoms with van der Waals surface area (Å²) in [7, 11) is 0. The maximum absolute atomic E-state index is 13.3. The summed E-state index contributed by atoms with van der Waals surface area (Å²) in [6, 6.07) is 10.9. The highest BCUT2D eigenvalue weighted by molar-refractivity contribution is 7.17. The second kappa shape index (κ2) is 8.31. The highest BCUT2D eigenvalue weighted by Crippen LogP contribution is 2.29. The van der Waals surface area contributed by atoms with Gasteiger partial charge in [-0.15, -0.1) is 11.3 Å². The predicted octanol–water partition coefficient (Wildman–Crippen LogP) is 4.39. The van der Waals surface area contributed by atoms with Crippen LogP contribution >= 0.6 is 11.3 Å². The molecule has 7 heteroatoms. The molecule has 4 rings (SSSR count). The van der Waals surface area contributed by atoms with Crippen molar-refractivity contribution < 1.29 is 19.4 Å². The van der Waals surface area contributed by atoms with E-state index < -0.39 is 0 Å². The number of nitrogens with zero attached hydrogens (tertiary/aromatic N) is 2. The summed E-state index contributed by atoms with van der Waals surface area (Å²) in [5, 5.41) is 18.8. The summed E-state index contributed by atoms with van der Waals surface area (Å²) in [4.78, 5) is 19.3. The summed E-state index contributed by atoms with van der Waals surface area (Å²) in [6.07, 6.45) is 5.11. The molecule has 0 aliphatic rings. The van der Waals surface area contributed by atoms with Crippen LogP contribution in [-0.2, 0) is 13.2 Å². The van der Waals surface area contributed by atoms with Gasteiger partial charge in [-0.25, -0.2) is 9.37 Å². The third-order valence-corrected chi connectivity index (χ3v) is 5.72. The van der Waals surface area contributed by atoms with Gasteiger partial charge in [-0.05, 0) is 60.5 Å². The van der Waals surface area contributed by atoms with E-state index in [2.05, 4.69) is 4.98 Å². The van der Waals surface area contributed by atoms with Crippen molar-refractivity contribution in [1.29, 1.82) is 0 Å². The summed E-state index contributed by atoms with van der Waals surface area (Å²) in [5.41, 5.74) is 3.66. The number of aliphatic hydroxyl groups excluding tert-OH is 2. The Hall–Kier alpha value is -3.13. The Balaban J connectivity index is 1.73. The Kier molecular flexibility index (Phi) is 5.59. The fraction of sp³-hybridized carbons (Fsp3) is 0.130. The first kappa shape index (κ1) is 20.2. The van der Waals surface area contributed by atoms with Crippen LogP contribution in [-0.4, -0.2) is 25.4 Å². The van der Waals surface area contributed by atoms with Crippen LogP contribution in [0.3, 0.4) is 0 Å². The van der Waals surface area contributed by atoms with Crippen molar-refractivity contribution in [2.24, 2.45) is 0 Å². The third-order valence-electron chi connectivity index (χ3n) is 4.82. The van der Waals surface area contributed by atoms with Gasteiger partial charge in [0.25, 0.3) is 0 Å². The van der Waals surface area contributed by atoms with Crippen molar-refractivity contribution in [3.8, 4) is 11.3 Å². The number of benzene rings is 2. The van der Waals surface area contributed by atoms with Crippen LogP contribution in [0.5, 0.6) is 0 Å². The third kappa shape index (κ3) is 3.82. The molecule has 0 saturated heterocycles. The molecule has 2 aromatic carbocycles. The van der Waals surface area contributed by atoms with Gasteiger partial charge in [0.05, 0.1) is 24.6 Å². The van der Waals surface area contributed by atoms with Crippen molar-refractivity contribution >= 4 is 28.2 Å². The lowest BCUT2D eigenvalue weighted by Gasteiger charge is -2.06. The van der Waals surface area contributed by atoms with Gasteiger partial charge in [0.15, 0.2) is 10.7 Å². The highest BCUT2D eigenvalue weighted by Gasteiger charge is 2.15. The standard InChI is InChI=1S/C23H19FN2O3S/c1-14-11-26-20(22(25-23(26)30-14)15-4-6-19(24)7-5-15)8-9-21(29)16-2-3-17(12-27)18(10-16)13-28/h2-11,27-28H,12-13H2,1H3. The summed E-state index contributed by atoms with van der Waals surface area (Å²) in [5.74, 6) is -0.560. The Morgan fingerprint density at radius 3 is 2.57 bits per heavy atom. The van der Waals surface area contributed by atoms with E-state index in [1.165, 1.54) is 29.5 Å². The second-order valence-electron chi connectivity index (χ2n) is 6.84. The minimum Gasteiger partial charge on any atom is -0.392 e. The molecule has 0 aliphatic carbocycles. The van der Waals surface area contributed by atoms with E-state index in [0.29, 0.717) is 22.4 Å². The van der Waals surface area contributed by atoms with Crippen LogP contribution in [0.25, 0.3) is 22.3 Å². The second-order valence-corrected chi connectivity index (χ2v) is 8.06. The zero-order valence-electron chi connectivity index (χ0n) is 16.2. The summed E-state index contributed by atoms with van der Waals surface area (Å²) < 4.78 is 15.3. The lowest BCUT2D eigenvalue weighted by molar-refractivity contribution is 0.104. The van der Waals surface area contributed by atoms with Crippen molar-refractivity contribution in [2.45, 2.75) is 20.1 Å². The van der Waals surface area contributed by atoms with Crippen LogP contribution in [0.2, 0.25) is 0 Å². The van der Waals surface area contributed by atoms with Gasteiger partial charge >= 0.3 is 0 Å². The molecular formula is C23H19FN2O3S. The number of aryl methyl sites for hydroxylation is 1. The number of aliphatic hydroxyl groups is 2. The fourth-order valence-corrected chi connectivity index (χ4v) is 4.12. The minimum absolute atomic E-state index is 0.202. The number of carbonyl (C=O) groups is 1. The van der Waals surface area contributed by atoms with Gasteiger partial charge in [0, 0.05) is 22.2 Å². The topological polar surface area (TPSA) is 74.8 Å². The van der Waals surface area contributed by atoms with E-state index in [4.69, 9.17) is 0 Å². The fourth-order valence-electron chi connectivity index (χ4n) is 3.28. The lowest BCUT2D eigenvalue weighted by Crippen LogP contribution is -2.00. The Morgan fingerprint density at radius 1 is 1.13 bits per heavy atom. The number of aromatic nitrogens is 2. The van der Waals surface area contributed by atoms with Crippen molar-refractivity contribution in [1.82, 2.24) is 9.38 Å². The van der Waals surface area contributed by atoms with Crippen molar-refractivity contribution in [3.05, 3.63) is 87.8 Å². The minimum atomic E-state index is -0.325. The predicted molar refractivity (Wildman–Crippen MR) is 115 cm³/mol. The average Bonchev–Trinajstić information content (AvgIpc) is 3.28. The number of ketones is 1. The normalized spacial score (nSPS) is 11.6. The zero-order chi connectivity index (χ0) is 21.3. The highest BCUT2D eigenvalue weighted by atomic mass is 32.1. The average molecular weight is 422 g/mol. The first-order valence-corrected chi connectivity index (χ1v) is 10.1. The molecule has 0 spiro atoms. The molecule has 4 aromatic rings. The quantitative estimate of drug-likeness (QED) is 0.357. The lowest BCUT2D eigenvalue weighted by atomic mass is 10.0. The number of rotatable bonds is 6. The molecule has 0 aliphatic heterocycles. The van der Waals surface area contributed by atoms with Gasteiger partial charge in [-0.2, -0.15) is 0 Å². The van der Waals surface area contributed by atoms with E-state index in [1.54, 1.807) is 36.4 Å². The van der Waals surface area contributed by atoms with Crippen LogP contribution in [0.15, 0.2) is 54.7 Å². The van der Waals surface area contributed by atoms with Crippen LogP contribution in [0.1, 0.15) is 32.1 Å². The molecule has 0 atom stereocenters.